The van der Waals surface area contributed by atoms with Gasteiger partial charge in [0.15, 0.2) is 6.04 Å². The minimum absolute atomic E-state index is 0. The Hall–Kier alpha value is -4.57. The van der Waals surface area contributed by atoms with E-state index in [1.165, 1.54) is 36.7 Å². The SMILES string of the molecule is C.N#Cc1ccnc(N2C(=O)CC[C@H]2C(=O)N(c2cc(F)cc(F)c2)[C@H](C(=O)NC2CC(F)(F)C2)c2ncccc2Cl)c1. The number of carbonyl (C=O) groups excluding carboxylic acids is 3. The average molecular weight is 617 g/mol. The Kier molecular flexibility index (Phi) is 9.01. The first-order valence-electron chi connectivity index (χ1n) is 12.7. The molecular weight excluding hydrogens is 592 g/mol. The Balaban J connectivity index is 0.00000423. The molecule has 2 aromatic heterocycles. The van der Waals surface area contributed by atoms with E-state index in [2.05, 4.69) is 15.3 Å². The Labute approximate surface area is 249 Å². The van der Waals surface area contributed by atoms with Crippen molar-refractivity contribution >= 4 is 40.8 Å². The number of aromatic nitrogens is 2. The van der Waals surface area contributed by atoms with E-state index in [1.807, 2.05) is 6.07 Å². The predicted molar refractivity (Wildman–Crippen MR) is 148 cm³/mol. The number of pyridine rings is 2. The third kappa shape index (κ3) is 6.44. The van der Waals surface area contributed by atoms with E-state index in [1.54, 1.807) is 0 Å². The zero-order chi connectivity index (χ0) is 30.2. The van der Waals surface area contributed by atoms with Gasteiger partial charge in [-0.05, 0) is 42.8 Å². The molecule has 2 atom stereocenters. The third-order valence-corrected chi connectivity index (χ3v) is 7.29. The second kappa shape index (κ2) is 12.3. The molecule has 3 aromatic rings. The first kappa shape index (κ1) is 31.4. The first-order valence-corrected chi connectivity index (χ1v) is 13.1. The molecule has 0 bridgehead atoms. The summed E-state index contributed by atoms with van der Waals surface area (Å²) in [4.78, 5) is 51.2. The molecule has 2 fully saturated rings. The van der Waals surface area contributed by atoms with E-state index < -0.39 is 71.9 Å². The van der Waals surface area contributed by atoms with E-state index in [0.717, 1.165) is 21.9 Å². The highest BCUT2D eigenvalue weighted by Crippen LogP contribution is 2.39. The van der Waals surface area contributed by atoms with E-state index in [9.17, 15) is 37.2 Å². The third-order valence-electron chi connectivity index (χ3n) is 6.97. The standard InChI is InChI=1S/C28H21ClF4N6O3.CH4/c29-20-2-1-6-36-24(20)25(26(41)37-18-12-28(32,33)13-18)38(19-10-16(30)9-17(31)11-19)27(42)21-3-4-23(40)39(21)22-8-15(14-34)5-7-35-22;/h1-2,5-11,18,21,25H,3-4,12-13H2,(H,37,41);1H4/t21-,25-;/m0./s1. The van der Waals surface area contributed by atoms with Crippen molar-refractivity contribution in [1.29, 1.82) is 5.26 Å². The fourth-order valence-electron chi connectivity index (χ4n) is 5.07. The maximum atomic E-state index is 14.5. The number of nitrogens with one attached hydrogen (secondary N) is 1. The molecule has 14 heteroatoms. The molecule has 0 unspecified atom stereocenters. The summed E-state index contributed by atoms with van der Waals surface area (Å²) in [6, 6.07) is 5.58. The minimum Gasteiger partial charge on any atom is -0.351 e. The van der Waals surface area contributed by atoms with Crippen molar-refractivity contribution in [3.8, 4) is 6.07 Å². The molecule has 9 nitrogen and oxygen atoms in total. The summed E-state index contributed by atoms with van der Waals surface area (Å²) >= 11 is 6.38. The molecule has 1 aromatic carbocycles. The van der Waals surface area contributed by atoms with Crippen LogP contribution in [0.25, 0.3) is 0 Å². The summed E-state index contributed by atoms with van der Waals surface area (Å²) < 4.78 is 56.2. The van der Waals surface area contributed by atoms with Crippen molar-refractivity contribution in [3.05, 3.63) is 82.8 Å². The molecule has 2 aliphatic rings. The van der Waals surface area contributed by atoms with Crippen LogP contribution in [-0.2, 0) is 14.4 Å². The summed E-state index contributed by atoms with van der Waals surface area (Å²) in [5, 5.41) is 11.7. The molecule has 1 saturated heterocycles. The van der Waals surface area contributed by atoms with Gasteiger partial charge in [-0.15, -0.1) is 0 Å². The van der Waals surface area contributed by atoms with Gasteiger partial charge in [0.1, 0.15) is 23.5 Å². The molecule has 224 valence electrons. The van der Waals surface area contributed by atoms with Crippen LogP contribution in [0.3, 0.4) is 0 Å². The second-order valence-electron chi connectivity index (χ2n) is 9.91. The summed E-state index contributed by atoms with van der Waals surface area (Å²) in [5.41, 5.74) is -0.442. The number of nitriles is 1. The largest absolute Gasteiger partial charge is 0.351 e. The van der Waals surface area contributed by atoms with Gasteiger partial charge in [0.25, 0.3) is 11.8 Å². The van der Waals surface area contributed by atoms with Gasteiger partial charge in [-0.1, -0.05) is 19.0 Å². The van der Waals surface area contributed by atoms with Gasteiger partial charge in [0.05, 0.1) is 28.0 Å². The topological polar surface area (TPSA) is 119 Å². The Morgan fingerprint density at radius 3 is 2.44 bits per heavy atom. The lowest BCUT2D eigenvalue weighted by molar-refractivity contribution is -0.133. The first-order chi connectivity index (χ1) is 20.0. The van der Waals surface area contributed by atoms with Crippen LogP contribution >= 0.6 is 11.6 Å². The van der Waals surface area contributed by atoms with Gasteiger partial charge in [0, 0.05) is 43.8 Å². The van der Waals surface area contributed by atoms with Crippen LogP contribution in [0.15, 0.2) is 54.9 Å². The van der Waals surface area contributed by atoms with Crippen LogP contribution in [-0.4, -0.2) is 45.7 Å². The summed E-state index contributed by atoms with van der Waals surface area (Å²) in [6.45, 7) is 0. The molecule has 1 aliphatic carbocycles. The number of alkyl halides is 2. The lowest BCUT2D eigenvalue weighted by Gasteiger charge is -2.39. The van der Waals surface area contributed by atoms with Gasteiger partial charge < -0.3 is 5.32 Å². The number of nitrogens with zero attached hydrogens (tertiary/aromatic N) is 5. The highest BCUT2D eigenvalue weighted by molar-refractivity contribution is 6.31. The highest BCUT2D eigenvalue weighted by Gasteiger charge is 2.49. The highest BCUT2D eigenvalue weighted by atomic mass is 35.5. The van der Waals surface area contributed by atoms with Gasteiger partial charge in [-0.2, -0.15) is 5.26 Å². The van der Waals surface area contributed by atoms with Crippen molar-refractivity contribution in [2.75, 3.05) is 9.80 Å². The quantitative estimate of drug-likeness (QED) is 0.369. The normalized spacial score (nSPS) is 18.2. The monoisotopic (exact) mass is 616 g/mol. The fourth-order valence-corrected chi connectivity index (χ4v) is 5.30. The summed E-state index contributed by atoms with van der Waals surface area (Å²) in [5.74, 6) is -7.59. The molecule has 0 radical (unpaired) electrons. The molecule has 3 amide bonds. The molecule has 1 saturated carbocycles. The maximum absolute atomic E-state index is 14.5. The van der Waals surface area contributed by atoms with Crippen LogP contribution in [0, 0.1) is 23.0 Å². The van der Waals surface area contributed by atoms with E-state index in [0.29, 0.717) is 6.07 Å². The van der Waals surface area contributed by atoms with Crippen LogP contribution in [0.1, 0.15) is 50.4 Å². The van der Waals surface area contributed by atoms with Crippen molar-refractivity contribution in [2.45, 2.75) is 57.2 Å². The average Bonchev–Trinajstić information content (AvgIpc) is 3.31. The number of hydrogen-bond acceptors (Lipinski definition) is 6. The maximum Gasteiger partial charge on any atom is 0.252 e. The predicted octanol–water partition coefficient (Wildman–Crippen LogP) is 5.10. The van der Waals surface area contributed by atoms with Gasteiger partial charge >= 0.3 is 0 Å². The number of anilines is 2. The summed E-state index contributed by atoms with van der Waals surface area (Å²) in [7, 11) is 0. The van der Waals surface area contributed by atoms with Crippen molar-refractivity contribution < 1.29 is 31.9 Å². The van der Waals surface area contributed by atoms with Gasteiger partial charge in [-0.25, -0.2) is 22.5 Å². The van der Waals surface area contributed by atoms with Crippen LogP contribution in [0.2, 0.25) is 5.02 Å². The zero-order valence-corrected chi connectivity index (χ0v) is 22.4. The molecule has 1 N–H and O–H groups in total. The van der Waals surface area contributed by atoms with E-state index in [-0.39, 0.29) is 42.4 Å². The van der Waals surface area contributed by atoms with Gasteiger partial charge in [0.2, 0.25) is 11.8 Å². The Bertz CT molecular complexity index is 1590. The molecule has 5 rings (SSSR count). The van der Waals surface area contributed by atoms with Crippen LogP contribution in [0.5, 0.6) is 0 Å². The van der Waals surface area contributed by atoms with E-state index in [4.69, 9.17) is 11.6 Å². The Morgan fingerprint density at radius 2 is 1.81 bits per heavy atom. The molecule has 0 spiro atoms. The van der Waals surface area contributed by atoms with Crippen LogP contribution in [0.4, 0.5) is 29.1 Å². The number of benzene rings is 1. The van der Waals surface area contributed by atoms with E-state index >= 15 is 0 Å². The fraction of sp³-hybridized carbons (Fsp3) is 0.310. The molecular formula is C29H25ClF4N6O3. The summed E-state index contributed by atoms with van der Waals surface area (Å²) in [6.07, 6.45) is 1.09. The zero-order valence-electron chi connectivity index (χ0n) is 21.6. The second-order valence-corrected chi connectivity index (χ2v) is 10.3. The minimum atomic E-state index is -2.98. The number of carbonyl (C=O) groups is 3. The van der Waals surface area contributed by atoms with Crippen molar-refractivity contribution in [3.63, 3.8) is 0 Å². The molecule has 3 heterocycles. The number of halogens is 5. The van der Waals surface area contributed by atoms with Gasteiger partial charge in [-0.3, -0.25) is 29.2 Å². The lowest BCUT2D eigenvalue weighted by Crippen LogP contribution is -2.56. The molecule has 1 aliphatic heterocycles. The van der Waals surface area contributed by atoms with Crippen LogP contribution < -0.4 is 15.1 Å². The smallest absolute Gasteiger partial charge is 0.252 e. The molecule has 43 heavy (non-hydrogen) atoms. The lowest BCUT2D eigenvalue weighted by atomic mass is 9.88. The Morgan fingerprint density at radius 1 is 1.12 bits per heavy atom. The van der Waals surface area contributed by atoms with Crippen molar-refractivity contribution in [1.82, 2.24) is 15.3 Å². The number of rotatable bonds is 7. The number of hydrogen-bond donors (Lipinski definition) is 1. The van der Waals surface area contributed by atoms with Crippen molar-refractivity contribution in [2.24, 2.45) is 0 Å². The number of amides is 3.